The lowest BCUT2D eigenvalue weighted by molar-refractivity contribution is -0.143. The summed E-state index contributed by atoms with van der Waals surface area (Å²) in [6.07, 6.45) is 5.45. The van der Waals surface area contributed by atoms with Gasteiger partial charge >= 0.3 is 12.0 Å². The molecule has 0 unspecified atom stereocenters. The molecule has 1 heterocycles. The van der Waals surface area contributed by atoms with Gasteiger partial charge in [0.15, 0.2) is 0 Å². The van der Waals surface area contributed by atoms with E-state index < -0.39 is 0 Å². The summed E-state index contributed by atoms with van der Waals surface area (Å²) in [5.74, 6) is -0.150. The molecule has 1 aromatic heterocycles. The van der Waals surface area contributed by atoms with Crippen LogP contribution in [0.25, 0.3) is 0 Å². The minimum absolute atomic E-state index is 0.150. The Morgan fingerprint density at radius 3 is 2.68 bits per heavy atom. The second-order valence-corrected chi connectivity index (χ2v) is 4.87. The summed E-state index contributed by atoms with van der Waals surface area (Å²) in [6.45, 7) is 3.40. The van der Waals surface area contributed by atoms with Gasteiger partial charge < -0.3 is 15.4 Å². The van der Waals surface area contributed by atoms with Gasteiger partial charge in [0, 0.05) is 37.8 Å². The molecular formula is C16H25N3O3. The largest absolute Gasteiger partial charge is 0.466 e. The number of amides is 2. The molecule has 0 spiro atoms. The molecule has 0 fully saturated rings. The molecule has 2 amide bonds. The maximum absolute atomic E-state index is 11.5. The van der Waals surface area contributed by atoms with Gasteiger partial charge in [0.25, 0.3) is 0 Å². The molecule has 0 radical (unpaired) electrons. The Balaban J connectivity index is 1.94. The zero-order chi connectivity index (χ0) is 16.0. The van der Waals surface area contributed by atoms with Crippen LogP contribution in [0.4, 0.5) is 4.79 Å². The van der Waals surface area contributed by atoms with E-state index in [0.29, 0.717) is 32.5 Å². The first-order valence-corrected chi connectivity index (χ1v) is 7.79. The Morgan fingerprint density at radius 1 is 1.14 bits per heavy atom. The fourth-order valence-electron chi connectivity index (χ4n) is 1.92. The van der Waals surface area contributed by atoms with Crippen LogP contribution in [-0.4, -0.2) is 36.7 Å². The van der Waals surface area contributed by atoms with Crippen molar-refractivity contribution in [3.05, 3.63) is 30.1 Å². The number of urea groups is 1. The van der Waals surface area contributed by atoms with Crippen LogP contribution in [0.5, 0.6) is 0 Å². The minimum Gasteiger partial charge on any atom is -0.466 e. The topological polar surface area (TPSA) is 80.3 Å². The van der Waals surface area contributed by atoms with E-state index in [1.165, 1.54) is 0 Å². The van der Waals surface area contributed by atoms with Crippen molar-refractivity contribution in [2.24, 2.45) is 0 Å². The molecule has 0 aromatic carbocycles. The molecule has 6 heteroatoms. The number of aromatic nitrogens is 1. The summed E-state index contributed by atoms with van der Waals surface area (Å²) in [5.41, 5.74) is 0.960. The Morgan fingerprint density at radius 2 is 1.95 bits per heavy atom. The van der Waals surface area contributed by atoms with Gasteiger partial charge in [-0.25, -0.2) is 4.79 Å². The van der Waals surface area contributed by atoms with Crippen molar-refractivity contribution in [2.45, 2.75) is 39.0 Å². The van der Waals surface area contributed by atoms with Gasteiger partial charge in [0.1, 0.15) is 0 Å². The molecule has 0 bridgehead atoms. The van der Waals surface area contributed by atoms with Crippen molar-refractivity contribution in [1.29, 1.82) is 0 Å². The van der Waals surface area contributed by atoms with Crippen LogP contribution >= 0.6 is 0 Å². The molecule has 6 nitrogen and oxygen atoms in total. The maximum Gasteiger partial charge on any atom is 0.314 e. The molecule has 22 heavy (non-hydrogen) atoms. The number of unbranched alkanes of at least 4 members (excludes halogenated alkanes) is 2. The second kappa shape index (κ2) is 11.5. The molecule has 0 aliphatic heterocycles. The Bertz CT molecular complexity index is 438. The highest BCUT2D eigenvalue weighted by Gasteiger charge is 2.02. The number of carbonyl (C=O) groups excluding carboxylic acids is 2. The monoisotopic (exact) mass is 307 g/mol. The Labute approximate surface area is 131 Å². The fourth-order valence-corrected chi connectivity index (χ4v) is 1.92. The first kappa shape index (κ1) is 17.9. The average molecular weight is 307 g/mol. The summed E-state index contributed by atoms with van der Waals surface area (Å²) >= 11 is 0. The number of esters is 1. The molecule has 0 saturated heterocycles. The summed E-state index contributed by atoms with van der Waals surface area (Å²) in [6, 6.07) is 5.56. The third kappa shape index (κ3) is 8.94. The number of carbonyl (C=O) groups is 2. The maximum atomic E-state index is 11.5. The normalized spacial score (nSPS) is 10.0. The summed E-state index contributed by atoms with van der Waals surface area (Å²) in [7, 11) is 0. The molecule has 2 N–H and O–H groups in total. The van der Waals surface area contributed by atoms with E-state index in [1.54, 1.807) is 13.1 Å². The number of ether oxygens (including phenoxy) is 1. The molecule has 0 aliphatic carbocycles. The van der Waals surface area contributed by atoms with Gasteiger partial charge in [-0.2, -0.15) is 0 Å². The zero-order valence-corrected chi connectivity index (χ0v) is 13.1. The van der Waals surface area contributed by atoms with Crippen molar-refractivity contribution >= 4 is 12.0 Å². The lowest BCUT2D eigenvalue weighted by Crippen LogP contribution is -2.37. The highest BCUT2D eigenvalue weighted by atomic mass is 16.5. The van der Waals surface area contributed by atoms with Crippen LogP contribution in [0.1, 0.15) is 38.3 Å². The van der Waals surface area contributed by atoms with Crippen LogP contribution < -0.4 is 10.6 Å². The number of nitrogens with zero attached hydrogens (tertiary/aromatic N) is 1. The predicted molar refractivity (Wildman–Crippen MR) is 84.4 cm³/mol. The van der Waals surface area contributed by atoms with Crippen molar-refractivity contribution in [1.82, 2.24) is 15.6 Å². The summed E-state index contributed by atoms with van der Waals surface area (Å²) in [5, 5.41) is 5.59. The van der Waals surface area contributed by atoms with Crippen LogP contribution in [0.3, 0.4) is 0 Å². The van der Waals surface area contributed by atoms with E-state index in [2.05, 4.69) is 15.6 Å². The molecular weight excluding hydrogens is 282 g/mol. The van der Waals surface area contributed by atoms with Gasteiger partial charge in [-0.3, -0.25) is 9.78 Å². The molecule has 0 saturated carbocycles. The number of hydrogen-bond donors (Lipinski definition) is 2. The fraction of sp³-hybridized carbons (Fsp3) is 0.562. The number of pyridine rings is 1. The highest BCUT2D eigenvalue weighted by Crippen LogP contribution is 2.00. The van der Waals surface area contributed by atoms with E-state index in [9.17, 15) is 9.59 Å². The minimum atomic E-state index is -0.165. The number of hydrogen-bond acceptors (Lipinski definition) is 4. The molecule has 0 aliphatic rings. The Hall–Kier alpha value is -2.11. The van der Waals surface area contributed by atoms with Crippen molar-refractivity contribution in [3.63, 3.8) is 0 Å². The van der Waals surface area contributed by atoms with Crippen molar-refractivity contribution in [2.75, 3.05) is 19.7 Å². The average Bonchev–Trinajstić information content (AvgIpc) is 2.52. The van der Waals surface area contributed by atoms with Crippen molar-refractivity contribution in [3.8, 4) is 0 Å². The van der Waals surface area contributed by atoms with E-state index >= 15 is 0 Å². The van der Waals surface area contributed by atoms with Crippen molar-refractivity contribution < 1.29 is 14.3 Å². The zero-order valence-electron chi connectivity index (χ0n) is 13.1. The van der Waals surface area contributed by atoms with Crippen LogP contribution in [0.2, 0.25) is 0 Å². The number of nitrogens with one attached hydrogen (secondary N) is 2. The number of rotatable bonds is 10. The van der Waals surface area contributed by atoms with Gasteiger partial charge in [0.05, 0.1) is 6.61 Å². The summed E-state index contributed by atoms with van der Waals surface area (Å²) in [4.78, 5) is 26.8. The standard InChI is InChI=1S/C16H25N3O3/c1-2-22-15(20)9-4-3-6-12-18-16(21)19-13-10-14-8-5-7-11-17-14/h5,7-8,11H,2-4,6,9-10,12-13H2,1H3,(H2,18,19,21). The first-order chi connectivity index (χ1) is 10.7. The van der Waals surface area contributed by atoms with Gasteiger partial charge in [-0.15, -0.1) is 0 Å². The molecule has 0 atom stereocenters. The van der Waals surface area contributed by atoms with Gasteiger partial charge in [-0.1, -0.05) is 12.5 Å². The van der Waals surface area contributed by atoms with Gasteiger partial charge in [0.2, 0.25) is 0 Å². The lowest BCUT2D eigenvalue weighted by Gasteiger charge is -2.07. The summed E-state index contributed by atoms with van der Waals surface area (Å²) < 4.78 is 4.84. The second-order valence-electron chi connectivity index (χ2n) is 4.87. The smallest absolute Gasteiger partial charge is 0.314 e. The molecule has 1 aromatic rings. The molecule has 1 rings (SSSR count). The van der Waals surface area contributed by atoms with Crippen LogP contribution in [0.15, 0.2) is 24.4 Å². The van der Waals surface area contributed by atoms with E-state index in [-0.39, 0.29) is 12.0 Å². The molecule has 122 valence electrons. The Kier molecular flexibility index (Phi) is 9.41. The third-order valence-electron chi connectivity index (χ3n) is 3.04. The SMILES string of the molecule is CCOC(=O)CCCCCNC(=O)NCCc1ccccn1. The van der Waals surface area contributed by atoms with Gasteiger partial charge in [-0.05, 0) is 31.9 Å². The lowest BCUT2D eigenvalue weighted by atomic mass is 10.2. The first-order valence-electron chi connectivity index (χ1n) is 7.79. The highest BCUT2D eigenvalue weighted by molar-refractivity contribution is 5.73. The van der Waals surface area contributed by atoms with E-state index in [1.807, 2.05) is 18.2 Å². The third-order valence-corrected chi connectivity index (χ3v) is 3.04. The quantitative estimate of drug-likeness (QED) is 0.512. The van der Waals surface area contributed by atoms with E-state index in [4.69, 9.17) is 4.74 Å². The van der Waals surface area contributed by atoms with Crippen LogP contribution in [-0.2, 0) is 16.0 Å². The van der Waals surface area contributed by atoms with Crippen LogP contribution in [0, 0.1) is 0 Å². The predicted octanol–water partition coefficient (Wildman–Crippen LogP) is 2.05. The van der Waals surface area contributed by atoms with E-state index in [0.717, 1.165) is 25.0 Å².